The summed E-state index contributed by atoms with van der Waals surface area (Å²) in [6.45, 7) is 0. The van der Waals surface area contributed by atoms with Crippen molar-refractivity contribution in [2.45, 2.75) is 12.8 Å². The third kappa shape index (κ3) is 3.32. The second kappa shape index (κ2) is 7.77. The Kier molecular flexibility index (Phi) is 4.60. The third-order valence-electron chi connectivity index (χ3n) is 6.08. The third-order valence-corrected chi connectivity index (χ3v) is 6.43. The van der Waals surface area contributed by atoms with E-state index in [-0.39, 0.29) is 0 Å². The number of nitrogens with zero attached hydrogens (tertiary/aromatic N) is 4. The van der Waals surface area contributed by atoms with E-state index in [0.717, 1.165) is 49.8 Å². The molecule has 0 amide bonds. The highest BCUT2D eigenvalue weighted by molar-refractivity contribution is 6.31. The lowest BCUT2D eigenvalue weighted by molar-refractivity contribution is 1.01. The first-order chi connectivity index (χ1) is 16.2. The van der Waals surface area contributed by atoms with Crippen molar-refractivity contribution >= 4 is 44.4 Å². The number of H-pyrrole nitrogens is 1. The van der Waals surface area contributed by atoms with Gasteiger partial charge in [-0.05, 0) is 71.0 Å². The highest BCUT2D eigenvalue weighted by atomic mass is 35.5. The number of aromatic amines is 1. The Morgan fingerprint density at radius 1 is 0.939 bits per heavy atom. The minimum Gasteiger partial charge on any atom is -0.361 e. The SMILES string of the molecule is N#CCCc1ccc(-n2cnc3cnc4ccc(-c5ccc6[nH]ccc6c5)cc4c32)cc1Cl. The van der Waals surface area contributed by atoms with Crippen LogP contribution in [0.1, 0.15) is 12.0 Å². The number of halogens is 1. The number of aryl methyl sites for hydroxylation is 1. The zero-order valence-corrected chi connectivity index (χ0v) is 18.3. The van der Waals surface area contributed by atoms with Gasteiger partial charge in [0.25, 0.3) is 0 Å². The molecule has 0 aliphatic heterocycles. The van der Waals surface area contributed by atoms with Crippen LogP contribution in [0.2, 0.25) is 5.02 Å². The summed E-state index contributed by atoms with van der Waals surface area (Å²) in [7, 11) is 0. The lowest BCUT2D eigenvalue weighted by Crippen LogP contribution is -1.95. The maximum Gasteiger partial charge on any atom is 0.108 e. The molecule has 33 heavy (non-hydrogen) atoms. The number of aromatic nitrogens is 4. The van der Waals surface area contributed by atoms with Gasteiger partial charge in [0.2, 0.25) is 0 Å². The molecule has 3 aromatic carbocycles. The number of hydrogen-bond donors (Lipinski definition) is 1. The lowest BCUT2D eigenvalue weighted by Gasteiger charge is -2.10. The van der Waals surface area contributed by atoms with Crippen molar-refractivity contribution < 1.29 is 0 Å². The van der Waals surface area contributed by atoms with E-state index < -0.39 is 0 Å². The zero-order chi connectivity index (χ0) is 22.4. The Hall–Kier alpha value is -4.14. The van der Waals surface area contributed by atoms with Crippen LogP contribution in [0.5, 0.6) is 0 Å². The number of nitrogens with one attached hydrogen (secondary N) is 1. The second-order valence-electron chi connectivity index (χ2n) is 8.05. The quantitative estimate of drug-likeness (QED) is 0.322. The molecule has 3 heterocycles. The fourth-order valence-corrected chi connectivity index (χ4v) is 4.65. The van der Waals surface area contributed by atoms with Gasteiger partial charge in [-0.15, -0.1) is 0 Å². The van der Waals surface area contributed by atoms with Crippen LogP contribution >= 0.6 is 11.6 Å². The van der Waals surface area contributed by atoms with Crippen molar-refractivity contribution in [3.8, 4) is 22.9 Å². The Balaban J connectivity index is 1.52. The van der Waals surface area contributed by atoms with E-state index in [1.807, 2.05) is 36.9 Å². The molecule has 0 unspecified atom stereocenters. The van der Waals surface area contributed by atoms with Crippen LogP contribution in [0, 0.1) is 11.3 Å². The monoisotopic (exact) mass is 447 g/mol. The van der Waals surface area contributed by atoms with Gasteiger partial charge >= 0.3 is 0 Å². The molecule has 6 aromatic rings. The average Bonchev–Trinajstić information content (AvgIpc) is 3.49. The van der Waals surface area contributed by atoms with Crippen molar-refractivity contribution in [1.82, 2.24) is 19.5 Å². The van der Waals surface area contributed by atoms with E-state index in [0.29, 0.717) is 17.9 Å². The molecule has 158 valence electrons. The molecule has 0 radical (unpaired) electrons. The number of rotatable bonds is 4. The number of benzene rings is 3. The molecule has 6 rings (SSSR count). The molecule has 0 aliphatic rings. The highest BCUT2D eigenvalue weighted by Gasteiger charge is 2.13. The Labute approximate surface area is 194 Å². The maximum atomic E-state index is 8.88. The molecule has 0 aliphatic carbocycles. The van der Waals surface area contributed by atoms with E-state index in [1.165, 1.54) is 5.39 Å². The van der Waals surface area contributed by atoms with E-state index in [9.17, 15) is 0 Å². The van der Waals surface area contributed by atoms with Gasteiger partial charge in [0.15, 0.2) is 0 Å². The molecule has 6 heteroatoms. The van der Waals surface area contributed by atoms with Gasteiger partial charge in [0.1, 0.15) is 11.8 Å². The summed E-state index contributed by atoms with van der Waals surface area (Å²) in [5.41, 5.74) is 8.02. The van der Waals surface area contributed by atoms with Gasteiger partial charge in [-0.3, -0.25) is 9.55 Å². The number of nitriles is 1. The van der Waals surface area contributed by atoms with E-state index >= 15 is 0 Å². The smallest absolute Gasteiger partial charge is 0.108 e. The van der Waals surface area contributed by atoms with Crippen molar-refractivity contribution in [3.05, 3.63) is 90.0 Å². The molecule has 0 spiro atoms. The molecular formula is C27H18ClN5. The van der Waals surface area contributed by atoms with E-state index in [1.54, 1.807) is 0 Å². The topological polar surface area (TPSA) is 70.3 Å². The first kappa shape index (κ1) is 19.5. The summed E-state index contributed by atoms with van der Waals surface area (Å²) < 4.78 is 2.05. The summed E-state index contributed by atoms with van der Waals surface area (Å²) in [5, 5.41) is 11.7. The van der Waals surface area contributed by atoms with Gasteiger partial charge in [-0.2, -0.15) is 5.26 Å². The maximum absolute atomic E-state index is 8.88. The predicted octanol–water partition coefficient (Wildman–Crippen LogP) is 6.83. The van der Waals surface area contributed by atoms with Crippen LogP contribution in [-0.4, -0.2) is 19.5 Å². The summed E-state index contributed by atoms with van der Waals surface area (Å²) in [4.78, 5) is 12.5. The van der Waals surface area contributed by atoms with Crippen LogP contribution in [0.15, 0.2) is 79.4 Å². The van der Waals surface area contributed by atoms with Gasteiger partial charge in [-0.25, -0.2) is 4.98 Å². The number of imidazole rings is 1. The number of fused-ring (bicyclic) bond motifs is 4. The first-order valence-electron chi connectivity index (χ1n) is 10.7. The van der Waals surface area contributed by atoms with Crippen LogP contribution in [0.25, 0.3) is 49.7 Å². The zero-order valence-electron chi connectivity index (χ0n) is 17.6. The minimum atomic E-state index is 0.445. The summed E-state index contributed by atoms with van der Waals surface area (Å²) in [5.74, 6) is 0. The first-order valence-corrected chi connectivity index (χ1v) is 11.1. The Morgan fingerprint density at radius 3 is 2.70 bits per heavy atom. The molecule has 3 aromatic heterocycles. The predicted molar refractivity (Wildman–Crippen MR) is 133 cm³/mol. The lowest BCUT2D eigenvalue weighted by atomic mass is 10.0. The average molecular weight is 448 g/mol. The molecule has 0 bridgehead atoms. The second-order valence-corrected chi connectivity index (χ2v) is 8.46. The van der Waals surface area contributed by atoms with Crippen LogP contribution in [-0.2, 0) is 6.42 Å². The highest BCUT2D eigenvalue weighted by Crippen LogP contribution is 2.32. The molecular weight excluding hydrogens is 430 g/mol. The number of hydrogen-bond acceptors (Lipinski definition) is 3. The van der Waals surface area contributed by atoms with Crippen molar-refractivity contribution in [3.63, 3.8) is 0 Å². The van der Waals surface area contributed by atoms with Gasteiger partial charge in [0, 0.05) is 34.2 Å². The van der Waals surface area contributed by atoms with Gasteiger partial charge in [-0.1, -0.05) is 29.8 Å². The summed E-state index contributed by atoms with van der Waals surface area (Å²) in [6, 6.07) is 23.0. The van der Waals surface area contributed by atoms with Crippen LogP contribution in [0.3, 0.4) is 0 Å². The number of pyridine rings is 1. The van der Waals surface area contributed by atoms with E-state index in [2.05, 4.69) is 68.1 Å². The largest absolute Gasteiger partial charge is 0.361 e. The van der Waals surface area contributed by atoms with Gasteiger partial charge in [0.05, 0.1) is 23.3 Å². The van der Waals surface area contributed by atoms with Crippen molar-refractivity contribution in [2.24, 2.45) is 0 Å². The van der Waals surface area contributed by atoms with Crippen molar-refractivity contribution in [2.75, 3.05) is 0 Å². The standard InChI is InChI=1S/C27H18ClN5/c28-23-14-21(6-3-17(23)2-1-10-29)33-16-32-26-15-31-25-8-5-19(13-22(25)27(26)33)18-4-7-24-20(12-18)9-11-30-24/h3-9,11-16,30H,1-2H2. The molecule has 0 saturated carbocycles. The molecule has 0 saturated heterocycles. The Bertz CT molecular complexity index is 1700. The summed E-state index contributed by atoms with van der Waals surface area (Å²) in [6.07, 6.45) is 6.66. The van der Waals surface area contributed by atoms with Crippen molar-refractivity contribution in [1.29, 1.82) is 5.26 Å². The van der Waals surface area contributed by atoms with Crippen LogP contribution in [0.4, 0.5) is 0 Å². The van der Waals surface area contributed by atoms with Crippen LogP contribution < -0.4 is 0 Å². The van der Waals surface area contributed by atoms with Gasteiger partial charge < -0.3 is 4.98 Å². The normalized spacial score (nSPS) is 11.4. The van der Waals surface area contributed by atoms with E-state index in [4.69, 9.17) is 16.9 Å². The molecule has 0 fully saturated rings. The molecule has 5 nitrogen and oxygen atoms in total. The molecule has 1 N–H and O–H groups in total. The fourth-order valence-electron chi connectivity index (χ4n) is 4.38. The fraction of sp³-hybridized carbons (Fsp3) is 0.0741. The molecule has 0 atom stereocenters. The summed E-state index contributed by atoms with van der Waals surface area (Å²) >= 11 is 6.54. The Morgan fingerprint density at radius 2 is 1.82 bits per heavy atom. The minimum absolute atomic E-state index is 0.445.